The van der Waals surface area contributed by atoms with Crippen LogP contribution in [0.25, 0.3) is 0 Å². The standard InChI is InChI=1S/C29H38ClN3O7S/c1-19-16-33(41(36,37)24-8-5-22(30)6-9-24)20(2)18-40-26-10-7-23(31-28(34)21-11-13-39-14-12-21)15-25(26)29(35)32(3)17-27(19)38-4/h5-10,15,19-21,27H,11-14,16-18H2,1-4H3,(H,31,34)/t19-,20-,27-/m1/s1. The number of nitrogens with zero attached hydrogens (tertiary/aromatic N) is 2. The number of fused-ring (bicyclic) bond motifs is 1. The van der Waals surface area contributed by atoms with E-state index in [1.807, 2.05) is 6.92 Å². The highest BCUT2D eigenvalue weighted by molar-refractivity contribution is 7.89. The van der Waals surface area contributed by atoms with Crippen molar-refractivity contribution in [1.29, 1.82) is 0 Å². The molecule has 224 valence electrons. The van der Waals surface area contributed by atoms with Gasteiger partial charge in [-0.25, -0.2) is 8.42 Å². The third kappa shape index (κ3) is 7.39. The number of halogens is 1. The average molecular weight is 608 g/mol. The summed E-state index contributed by atoms with van der Waals surface area (Å²) >= 11 is 6.00. The van der Waals surface area contributed by atoms with Gasteiger partial charge in [0.1, 0.15) is 12.4 Å². The molecule has 0 aromatic heterocycles. The summed E-state index contributed by atoms with van der Waals surface area (Å²) in [4.78, 5) is 28.1. The summed E-state index contributed by atoms with van der Waals surface area (Å²) in [6.07, 6.45) is 0.843. The van der Waals surface area contributed by atoms with Crippen LogP contribution in [-0.2, 0) is 24.3 Å². The van der Waals surface area contributed by atoms with Crippen molar-refractivity contribution >= 4 is 39.1 Å². The number of sulfonamides is 1. The first kappa shape index (κ1) is 31.2. The first-order valence-corrected chi connectivity index (χ1v) is 15.5. The highest BCUT2D eigenvalue weighted by atomic mass is 35.5. The van der Waals surface area contributed by atoms with Crippen LogP contribution in [0.5, 0.6) is 5.75 Å². The minimum Gasteiger partial charge on any atom is -0.491 e. The van der Waals surface area contributed by atoms with Gasteiger partial charge in [0.05, 0.1) is 22.6 Å². The number of carbonyl (C=O) groups is 2. The van der Waals surface area contributed by atoms with Gasteiger partial charge in [-0.3, -0.25) is 9.59 Å². The molecule has 1 saturated heterocycles. The Morgan fingerprint density at radius 3 is 2.41 bits per heavy atom. The fourth-order valence-electron chi connectivity index (χ4n) is 5.10. The van der Waals surface area contributed by atoms with Crippen molar-refractivity contribution in [2.75, 3.05) is 52.4 Å². The minimum atomic E-state index is -3.91. The predicted molar refractivity (Wildman–Crippen MR) is 156 cm³/mol. The maximum Gasteiger partial charge on any atom is 0.257 e. The summed E-state index contributed by atoms with van der Waals surface area (Å²) in [7, 11) is -0.701. The molecular weight excluding hydrogens is 570 g/mol. The van der Waals surface area contributed by atoms with Crippen LogP contribution in [0.15, 0.2) is 47.4 Å². The molecule has 12 heteroatoms. The number of rotatable bonds is 5. The number of amides is 2. The lowest BCUT2D eigenvalue weighted by Crippen LogP contribution is -2.48. The molecule has 3 atom stereocenters. The number of anilines is 1. The molecule has 2 amide bonds. The van der Waals surface area contributed by atoms with Crippen molar-refractivity contribution in [3.8, 4) is 5.75 Å². The van der Waals surface area contributed by atoms with E-state index in [0.717, 1.165) is 0 Å². The van der Waals surface area contributed by atoms with Crippen LogP contribution >= 0.6 is 11.6 Å². The number of hydrogen-bond donors (Lipinski definition) is 1. The van der Waals surface area contributed by atoms with Gasteiger partial charge < -0.3 is 24.4 Å². The Morgan fingerprint density at radius 1 is 1.07 bits per heavy atom. The summed E-state index contributed by atoms with van der Waals surface area (Å²) in [5.74, 6) is -0.533. The summed E-state index contributed by atoms with van der Waals surface area (Å²) in [5.41, 5.74) is 0.744. The quantitative estimate of drug-likeness (QED) is 0.548. The summed E-state index contributed by atoms with van der Waals surface area (Å²) in [6.45, 7) is 5.12. The van der Waals surface area contributed by atoms with E-state index in [0.29, 0.717) is 42.5 Å². The summed E-state index contributed by atoms with van der Waals surface area (Å²) < 4.78 is 46.2. The topological polar surface area (TPSA) is 114 Å². The zero-order valence-corrected chi connectivity index (χ0v) is 25.4. The molecule has 2 heterocycles. The maximum atomic E-state index is 13.8. The maximum absolute atomic E-state index is 13.8. The molecule has 41 heavy (non-hydrogen) atoms. The van der Waals surface area contributed by atoms with Gasteiger partial charge in [-0.05, 0) is 68.1 Å². The van der Waals surface area contributed by atoms with Gasteiger partial charge in [0.2, 0.25) is 15.9 Å². The highest BCUT2D eigenvalue weighted by Crippen LogP contribution is 2.29. The van der Waals surface area contributed by atoms with E-state index in [9.17, 15) is 18.0 Å². The Morgan fingerprint density at radius 2 is 1.76 bits per heavy atom. The van der Waals surface area contributed by atoms with Gasteiger partial charge in [-0.2, -0.15) is 4.31 Å². The second-order valence-corrected chi connectivity index (χ2v) is 13.0. The van der Waals surface area contributed by atoms with Crippen LogP contribution in [0.4, 0.5) is 5.69 Å². The van der Waals surface area contributed by atoms with Gasteiger partial charge in [0.15, 0.2) is 0 Å². The third-order valence-corrected chi connectivity index (χ3v) is 9.91. The lowest BCUT2D eigenvalue weighted by Gasteiger charge is -2.35. The van der Waals surface area contributed by atoms with E-state index in [1.54, 1.807) is 51.4 Å². The molecule has 0 unspecified atom stereocenters. The second-order valence-electron chi connectivity index (χ2n) is 10.7. The lowest BCUT2D eigenvalue weighted by molar-refractivity contribution is -0.122. The second kappa shape index (κ2) is 13.5. The Balaban J connectivity index is 1.66. The lowest BCUT2D eigenvalue weighted by atomic mass is 9.99. The van der Waals surface area contributed by atoms with E-state index < -0.39 is 22.2 Å². The molecule has 0 radical (unpaired) electrons. The number of likely N-dealkylation sites (N-methyl/N-ethyl adjacent to an activating group) is 1. The van der Waals surface area contributed by atoms with Crippen molar-refractivity contribution in [3.63, 3.8) is 0 Å². The molecule has 0 bridgehead atoms. The van der Waals surface area contributed by atoms with Crippen molar-refractivity contribution in [3.05, 3.63) is 53.1 Å². The molecule has 0 aliphatic carbocycles. The Hall–Kier alpha value is -2.70. The van der Waals surface area contributed by atoms with E-state index in [2.05, 4.69) is 5.32 Å². The van der Waals surface area contributed by atoms with Crippen LogP contribution < -0.4 is 10.1 Å². The number of carbonyl (C=O) groups excluding carboxylic acids is 2. The SMILES string of the molecule is CO[C@@H]1CN(C)C(=O)c2cc(NC(=O)C3CCOCC3)ccc2OC[C@@H](C)N(S(=O)(=O)c2ccc(Cl)cc2)C[C@H]1C. The summed E-state index contributed by atoms with van der Waals surface area (Å²) in [5, 5.41) is 3.37. The van der Waals surface area contributed by atoms with E-state index in [-0.39, 0.29) is 53.8 Å². The van der Waals surface area contributed by atoms with E-state index >= 15 is 0 Å². The number of ether oxygens (including phenoxy) is 3. The van der Waals surface area contributed by atoms with Crippen molar-refractivity contribution in [2.45, 2.75) is 43.7 Å². The number of hydrogen-bond acceptors (Lipinski definition) is 7. The molecule has 2 aromatic rings. The molecule has 1 fully saturated rings. The van der Waals surface area contributed by atoms with Gasteiger partial charge >= 0.3 is 0 Å². The molecule has 2 aliphatic heterocycles. The van der Waals surface area contributed by atoms with E-state index in [4.69, 9.17) is 25.8 Å². The van der Waals surface area contributed by atoms with Gasteiger partial charge in [-0.15, -0.1) is 0 Å². The summed E-state index contributed by atoms with van der Waals surface area (Å²) in [6, 6.07) is 10.4. The molecule has 10 nitrogen and oxygen atoms in total. The number of benzene rings is 2. The average Bonchev–Trinajstić information content (AvgIpc) is 2.97. The first-order valence-electron chi connectivity index (χ1n) is 13.7. The fraction of sp³-hybridized carbons (Fsp3) is 0.517. The third-order valence-electron chi connectivity index (χ3n) is 7.67. The fourth-order valence-corrected chi connectivity index (χ4v) is 6.94. The molecule has 4 rings (SSSR count). The van der Waals surface area contributed by atoms with E-state index in [1.165, 1.54) is 21.3 Å². The van der Waals surface area contributed by atoms with Crippen LogP contribution in [-0.4, -0.2) is 88.7 Å². The Bertz CT molecular complexity index is 1330. The van der Waals surface area contributed by atoms with Gasteiger partial charge in [0, 0.05) is 57.1 Å². The first-order chi connectivity index (χ1) is 19.5. The number of methoxy groups -OCH3 is 1. The predicted octanol–water partition coefficient (Wildman–Crippen LogP) is 3.90. The van der Waals surface area contributed by atoms with Gasteiger partial charge in [-0.1, -0.05) is 18.5 Å². The largest absolute Gasteiger partial charge is 0.491 e. The molecule has 1 N–H and O–H groups in total. The van der Waals surface area contributed by atoms with Gasteiger partial charge in [0.25, 0.3) is 5.91 Å². The van der Waals surface area contributed by atoms with Crippen molar-refractivity contribution in [2.24, 2.45) is 11.8 Å². The normalized spacial score (nSPS) is 23.6. The zero-order chi connectivity index (χ0) is 29.7. The molecular formula is C29H38ClN3O7S. The molecule has 2 aliphatic rings. The Kier molecular flexibility index (Phi) is 10.3. The minimum absolute atomic E-state index is 0.00500. The van der Waals surface area contributed by atoms with Crippen LogP contribution in [0, 0.1) is 11.8 Å². The van der Waals surface area contributed by atoms with Crippen LogP contribution in [0.1, 0.15) is 37.0 Å². The van der Waals surface area contributed by atoms with Crippen molar-refractivity contribution in [1.82, 2.24) is 9.21 Å². The molecule has 0 spiro atoms. The Labute approximate surface area is 246 Å². The molecule has 0 saturated carbocycles. The zero-order valence-electron chi connectivity index (χ0n) is 23.8. The highest BCUT2D eigenvalue weighted by Gasteiger charge is 2.35. The van der Waals surface area contributed by atoms with Crippen LogP contribution in [0.2, 0.25) is 5.02 Å². The van der Waals surface area contributed by atoms with Crippen molar-refractivity contribution < 1.29 is 32.2 Å². The number of nitrogens with one attached hydrogen (secondary N) is 1. The van der Waals surface area contributed by atoms with Crippen LogP contribution in [0.3, 0.4) is 0 Å². The monoisotopic (exact) mass is 607 g/mol. The smallest absolute Gasteiger partial charge is 0.257 e. The molecule has 2 aromatic carbocycles.